The summed E-state index contributed by atoms with van der Waals surface area (Å²) in [5.74, 6) is 4.99. The number of nitrogens with one attached hydrogen (secondary N) is 2. The Morgan fingerprint density at radius 2 is 1.85 bits per heavy atom. The van der Waals surface area contributed by atoms with Crippen LogP contribution in [-0.4, -0.2) is 11.1 Å². The van der Waals surface area contributed by atoms with Gasteiger partial charge in [-0.1, -0.05) is 0 Å². The number of anilines is 1. The van der Waals surface area contributed by atoms with Crippen LogP contribution in [0.5, 0.6) is 5.75 Å². The lowest BCUT2D eigenvalue weighted by molar-refractivity contribution is 0.252. The third-order valence-corrected chi connectivity index (χ3v) is 1.26. The van der Waals surface area contributed by atoms with Crippen LogP contribution in [0.3, 0.4) is 0 Å². The van der Waals surface area contributed by atoms with E-state index in [0.29, 0.717) is 5.69 Å². The Kier molecular flexibility index (Phi) is 4.64. The molecular formula is C7H10ClN3O2. The summed E-state index contributed by atoms with van der Waals surface area (Å²) >= 11 is 0. The maximum Gasteiger partial charge on any atom is 0.333 e. The summed E-state index contributed by atoms with van der Waals surface area (Å²) in [6.07, 6.45) is 0. The van der Waals surface area contributed by atoms with Gasteiger partial charge in [-0.25, -0.2) is 10.6 Å². The van der Waals surface area contributed by atoms with Gasteiger partial charge in [-0.2, -0.15) is 0 Å². The van der Waals surface area contributed by atoms with Gasteiger partial charge in [0, 0.05) is 5.69 Å². The molecule has 2 amide bonds. The SMILES string of the molecule is Cl.NNC(=O)Nc1ccc(O)cc1. The first-order valence-corrected chi connectivity index (χ1v) is 3.29. The van der Waals surface area contributed by atoms with Gasteiger partial charge in [0.15, 0.2) is 0 Å². The third kappa shape index (κ3) is 3.64. The van der Waals surface area contributed by atoms with Crippen LogP contribution in [0.25, 0.3) is 0 Å². The van der Waals surface area contributed by atoms with Crippen molar-refractivity contribution < 1.29 is 9.90 Å². The molecule has 0 bridgehead atoms. The molecule has 5 nitrogen and oxygen atoms in total. The molecule has 0 radical (unpaired) electrons. The molecule has 0 aliphatic rings. The molecule has 0 aliphatic carbocycles. The van der Waals surface area contributed by atoms with Gasteiger partial charge < -0.3 is 10.4 Å². The van der Waals surface area contributed by atoms with Crippen LogP contribution in [0.15, 0.2) is 24.3 Å². The van der Waals surface area contributed by atoms with Crippen LogP contribution in [-0.2, 0) is 0 Å². The van der Waals surface area contributed by atoms with Gasteiger partial charge in [0.25, 0.3) is 0 Å². The first-order valence-electron chi connectivity index (χ1n) is 3.29. The van der Waals surface area contributed by atoms with Gasteiger partial charge in [0.05, 0.1) is 0 Å². The Morgan fingerprint density at radius 1 is 1.31 bits per heavy atom. The highest BCUT2D eigenvalue weighted by Gasteiger charge is 1.97. The van der Waals surface area contributed by atoms with Crippen molar-refractivity contribution in [1.29, 1.82) is 0 Å². The molecule has 0 fully saturated rings. The minimum atomic E-state index is -0.499. The van der Waals surface area contributed by atoms with Gasteiger partial charge >= 0.3 is 6.03 Å². The summed E-state index contributed by atoms with van der Waals surface area (Å²) in [6, 6.07) is 5.55. The molecule has 1 aromatic rings. The van der Waals surface area contributed by atoms with Gasteiger partial charge in [0.2, 0.25) is 0 Å². The third-order valence-electron chi connectivity index (χ3n) is 1.26. The molecule has 13 heavy (non-hydrogen) atoms. The Balaban J connectivity index is 0.00000144. The topological polar surface area (TPSA) is 87.4 Å². The average molecular weight is 204 g/mol. The van der Waals surface area contributed by atoms with E-state index in [0.717, 1.165) is 0 Å². The maximum absolute atomic E-state index is 10.7. The highest BCUT2D eigenvalue weighted by molar-refractivity contribution is 5.88. The quantitative estimate of drug-likeness (QED) is 0.236. The Morgan fingerprint density at radius 3 is 2.31 bits per heavy atom. The standard InChI is InChI=1S/C7H9N3O2.ClH/c8-10-7(12)9-5-1-3-6(11)4-2-5;/h1-4,11H,8H2,(H2,9,10,12);1H. The summed E-state index contributed by atoms with van der Waals surface area (Å²) < 4.78 is 0. The Labute approximate surface area is 81.3 Å². The molecule has 0 saturated heterocycles. The molecule has 0 unspecified atom stereocenters. The number of amides is 2. The van der Waals surface area contributed by atoms with Crippen molar-refractivity contribution in [3.63, 3.8) is 0 Å². The zero-order valence-corrected chi connectivity index (χ0v) is 7.47. The molecular weight excluding hydrogens is 194 g/mol. The minimum Gasteiger partial charge on any atom is -0.508 e. The largest absolute Gasteiger partial charge is 0.508 e. The van der Waals surface area contributed by atoms with E-state index < -0.39 is 6.03 Å². The summed E-state index contributed by atoms with van der Waals surface area (Å²) in [5, 5.41) is 11.3. The van der Waals surface area contributed by atoms with Crippen molar-refractivity contribution >= 4 is 24.1 Å². The van der Waals surface area contributed by atoms with Crippen LogP contribution >= 0.6 is 12.4 Å². The number of hydrazine groups is 1. The molecule has 5 N–H and O–H groups in total. The first kappa shape index (κ1) is 11.5. The highest BCUT2D eigenvalue weighted by atomic mass is 35.5. The number of halogens is 1. The number of rotatable bonds is 1. The predicted octanol–water partition coefficient (Wildman–Crippen LogP) is 0.809. The Hall–Kier alpha value is -1.46. The van der Waals surface area contributed by atoms with Gasteiger partial charge in [0.1, 0.15) is 5.75 Å². The predicted molar refractivity (Wildman–Crippen MR) is 51.7 cm³/mol. The zero-order chi connectivity index (χ0) is 8.97. The number of carbonyl (C=O) groups is 1. The molecule has 0 aliphatic heterocycles. The van der Waals surface area contributed by atoms with Crippen molar-refractivity contribution in [2.75, 3.05) is 5.32 Å². The molecule has 1 aromatic carbocycles. The van der Waals surface area contributed by atoms with E-state index in [1.807, 2.05) is 5.43 Å². The zero-order valence-electron chi connectivity index (χ0n) is 6.65. The van der Waals surface area contributed by atoms with Gasteiger partial charge in [-0.15, -0.1) is 12.4 Å². The highest BCUT2D eigenvalue weighted by Crippen LogP contribution is 2.12. The van der Waals surface area contributed by atoms with Crippen molar-refractivity contribution in [3.05, 3.63) is 24.3 Å². The molecule has 6 heteroatoms. The first-order chi connectivity index (χ1) is 5.72. The van der Waals surface area contributed by atoms with E-state index in [9.17, 15) is 4.79 Å². The molecule has 0 heterocycles. The number of phenolic OH excluding ortho intramolecular Hbond substituents is 1. The molecule has 0 saturated carbocycles. The van der Waals surface area contributed by atoms with E-state index in [2.05, 4.69) is 5.32 Å². The fourth-order valence-corrected chi connectivity index (χ4v) is 0.712. The lowest BCUT2D eigenvalue weighted by atomic mass is 10.3. The van der Waals surface area contributed by atoms with Crippen molar-refractivity contribution in [2.24, 2.45) is 5.84 Å². The molecule has 0 atom stereocenters. The summed E-state index contributed by atoms with van der Waals surface area (Å²) in [7, 11) is 0. The fraction of sp³-hybridized carbons (Fsp3) is 0. The lowest BCUT2D eigenvalue weighted by Gasteiger charge is -2.02. The number of urea groups is 1. The summed E-state index contributed by atoms with van der Waals surface area (Å²) in [6.45, 7) is 0. The van der Waals surface area contributed by atoms with Crippen LogP contribution in [0.4, 0.5) is 10.5 Å². The van der Waals surface area contributed by atoms with Crippen molar-refractivity contribution in [1.82, 2.24) is 5.43 Å². The molecule has 0 spiro atoms. The monoisotopic (exact) mass is 203 g/mol. The maximum atomic E-state index is 10.7. The number of benzene rings is 1. The van der Waals surface area contributed by atoms with E-state index >= 15 is 0 Å². The Bertz CT molecular complexity index is 276. The number of phenols is 1. The van der Waals surface area contributed by atoms with E-state index in [1.54, 1.807) is 12.1 Å². The smallest absolute Gasteiger partial charge is 0.333 e. The van der Waals surface area contributed by atoms with E-state index in [1.165, 1.54) is 12.1 Å². The number of hydrogen-bond acceptors (Lipinski definition) is 3. The average Bonchev–Trinajstić information content (AvgIpc) is 2.09. The van der Waals surface area contributed by atoms with Crippen LogP contribution in [0.2, 0.25) is 0 Å². The lowest BCUT2D eigenvalue weighted by Crippen LogP contribution is -2.34. The van der Waals surface area contributed by atoms with E-state index in [4.69, 9.17) is 10.9 Å². The molecule has 72 valence electrons. The van der Waals surface area contributed by atoms with Crippen LogP contribution in [0.1, 0.15) is 0 Å². The second-order valence-corrected chi connectivity index (χ2v) is 2.15. The number of nitrogens with two attached hydrogens (primary N) is 1. The van der Waals surface area contributed by atoms with Crippen molar-refractivity contribution in [3.8, 4) is 5.75 Å². The van der Waals surface area contributed by atoms with Crippen molar-refractivity contribution in [2.45, 2.75) is 0 Å². The number of aromatic hydroxyl groups is 1. The minimum absolute atomic E-state index is 0. The van der Waals surface area contributed by atoms with E-state index in [-0.39, 0.29) is 18.2 Å². The summed E-state index contributed by atoms with van der Waals surface area (Å²) in [4.78, 5) is 10.7. The molecule has 0 aromatic heterocycles. The van der Waals surface area contributed by atoms with Gasteiger partial charge in [-0.3, -0.25) is 5.43 Å². The normalized spacial score (nSPS) is 8.38. The second kappa shape index (κ2) is 5.23. The molecule has 1 rings (SSSR count). The number of hydrogen-bond donors (Lipinski definition) is 4. The van der Waals surface area contributed by atoms with Crippen LogP contribution in [0, 0.1) is 0 Å². The summed E-state index contributed by atoms with van der Waals surface area (Å²) in [5.41, 5.74) is 2.48. The second-order valence-electron chi connectivity index (χ2n) is 2.15. The fourth-order valence-electron chi connectivity index (χ4n) is 0.712. The number of carbonyl (C=O) groups excluding carboxylic acids is 1. The van der Waals surface area contributed by atoms with Crippen LogP contribution < -0.4 is 16.6 Å². The van der Waals surface area contributed by atoms with Gasteiger partial charge in [-0.05, 0) is 24.3 Å².